The number of aromatic nitrogens is 1. The van der Waals surface area contributed by atoms with E-state index in [1.54, 1.807) is 16.7 Å². The first-order valence-electron chi connectivity index (χ1n) is 5.72. The van der Waals surface area contributed by atoms with Crippen LogP contribution in [0.25, 0.3) is 10.9 Å². The Hall–Kier alpha value is -1.69. The van der Waals surface area contributed by atoms with Crippen LogP contribution in [0.15, 0.2) is 28.9 Å². The topological polar surface area (TPSA) is 65.1 Å². The SMILES string of the molecule is CC(C)(C)C(=O)n1c(Br)cc2cc([N+](=O)[O-])ccc21. The van der Waals surface area contributed by atoms with Crippen LogP contribution in [-0.2, 0) is 0 Å². The third-order valence-corrected chi connectivity index (χ3v) is 3.38. The lowest BCUT2D eigenvalue weighted by Gasteiger charge is -2.18. The fourth-order valence-electron chi connectivity index (χ4n) is 1.82. The molecule has 100 valence electrons. The second-order valence-corrected chi connectivity index (χ2v) is 6.17. The molecule has 1 heterocycles. The maximum absolute atomic E-state index is 12.4. The highest BCUT2D eigenvalue weighted by atomic mass is 79.9. The van der Waals surface area contributed by atoms with E-state index >= 15 is 0 Å². The molecule has 0 saturated carbocycles. The molecule has 5 nitrogen and oxygen atoms in total. The third kappa shape index (κ3) is 2.40. The van der Waals surface area contributed by atoms with Gasteiger partial charge in [0.1, 0.15) is 0 Å². The number of nitrogens with zero attached hydrogens (tertiary/aromatic N) is 2. The number of halogens is 1. The molecule has 0 spiro atoms. The van der Waals surface area contributed by atoms with E-state index in [1.165, 1.54) is 12.1 Å². The number of nitro benzene ring substituents is 1. The summed E-state index contributed by atoms with van der Waals surface area (Å²) in [6.45, 7) is 5.50. The maximum Gasteiger partial charge on any atom is 0.270 e. The zero-order chi connectivity index (χ0) is 14.4. The van der Waals surface area contributed by atoms with Crippen molar-refractivity contribution >= 4 is 38.4 Å². The van der Waals surface area contributed by atoms with Crippen molar-refractivity contribution in [3.63, 3.8) is 0 Å². The largest absolute Gasteiger partial charge is 0.273 e. The van der Waals surface area contributed by atoms with E-state index in [4.69, 9.17) is 0 Å². The molecule has 0 radical (unpaired) electrons. The zero-order valence-electron chi connectivity index (χ0n) is 10.8. The molecule has 0 atom stereocenters. The molecular weight excluding hydrogens is 312 g/mol. The monoisotopic (exact) mass is 324 g/mol. The molecule has 0 bridgehead atoms. The number of hydrogen-bond acceptors (Lipinski definition) is 3. The number of rotatable bonds is 1. The van der Waals surface area contributed by atoms with Crippen molar-refractivity contribution in [3.8, 4) is 0 Å². The molecule has 19 heavy (non-hydrogen) atoms. The molecule has 1 aromatic heterocycles. The molecule has 0 unspecified atom stereocenters. The van der Waals surface area contributed by atoms with Crippen molar-refractivity contribution < 1.29 is 9.72 Å². The predicted molar refractivity (Wildman–Crippen MR) is 76.4 cm³/mol. The van der Waals surface area contributed by atoms with Crippen LogP contribution < -0.4 is 0 Å². The van der Waals surface area contributed by atoms with Crippen LogP contribution >= 0.6 is 15.9 Å². The maximum atomic E-state index is 12.4. The minimum absolute atomic E-state index is 0.0142. The van der Waals surface area contributed by atoms with E-state index in [0.717, 1.165) is 0 Å². The summed E-state index contributed by atoms with van der Waals surface area (Å²) in [5, 5.41) is 11.4. The van der Waals surface area contributed by atoms with Gasteiger partial charge in [-0.05, 0) is 28.1 Å². The van der Waals surface area contributed by atoms with Crippen LogP contribution in [0, 0.1) is 15.5 Å². The van der Waals surface area contributed by atoms with E-state index in [0.29, 0.717) is 15.5 Å². The Morgan fingerprint density at radius 2 is 1.95 bits per heavy atom. The van der Waals surface area contributed by atoms with Gasteiger partial charge < -0.3 is 0 Å². The standard InChI is InChI=1S/C13H13BrN2O3/c1-13(2,3)12(17)15-10-5-4-9(16(18)19)6-8(10)7-11(15)14/h4-7H,1-3H3. The molecule has 1 aromatic carbocycles. The molecule has 0 aliphatic carbocycles. The Bertz CT molecular complexity index is 683. The normalized spacial score (nSPS) is 11.8. The summed E-state index contributed by atoms with van der Waals surface area (Å²) in [6.07, 6.45) is 0. The number of non-ortho nitro benzene ring substituents is 1. The Morgan fingerprint density at radius 1 is 1.32 bits per heavy atom. The van der Waals surface area contributed by atoms with Crippen LogP contribution in [0.5, 0.6) is 0 Å². The number of benzene rings is 1. The van der Waals surface area contributed by atoms with Crippen LogP contribution in [0.4, 0.5) is 5.69 Å². The molecule has 0 saturated heterocycles. The summed E-state index contributed by atoms with van der Waals surface area (Å²) in [6, 6.07) is 6.18. The third-order valence-electron chi connectivity index (χ3n) is 2.80. The molecule has 2 aromatic rings. The second-order valence-electron chi connectivity index (χ2n) is 5.36. The van der Waals surface area contributed by atoms with Crippen molar-refractivity contribution in [1.82, 2.24) is 4.57 Å². The van der Waals surface area contributed by atoms with E-state index in [-0.39, 0.29) is 11.6 Å². The van der Waals surface area contributed by atoms with Gasteiger partial charge in [0.05, 0.1) is 15.0 Å². The number of carbonyl (C=O) groups is 1. The highest BCUT2D eigenvalue weighted by Crippen LogP contribution is 2.30. The van der Waals surface area contributed by atoms with Gasteiger partial charge in [0.25, 0.3) is 5.69 Å². The van der Waals surface area contributed by atoms with Crippen LogP contribution in [-0.4, -0.2) is 15.4 Å². The first kappa shape index (κ1) is 13.7. The van der Waals surface area contributed by atoms with Gasteiger partial charge in [-0.25, -0.2) is 0 Å². The molecule has 0 N–H and O–H groups in total. The molecule has 0 fully saturated rings. The smallest absolute Gasteiger partial charge is 0.270 e. The summed E-state index contributed by atoms with van der Waals surface area (Å²) in [7, 11) is 0. The zero-order valence-corrected chi connectivity index (χ0v) is 12.4. The Morgan fingerprint density at radius 3 is 2.47 bits per heavy atom. The van der Waals surface area contributed by atoms with Gasteiger partial charge in [-0.1, -0.05) is 20.8 Å². The van der Waals surface area contributed by atoms with E-state index in [9.17, 15) is 14.9 Å². The Labute approximate surface area is 118 Å². The molecule has 0 amide bonds. The lowest BCUT2D eigenvalue weighted by Crippen LogP contribution is -2.26. The number of nitro groups is 1. The quantitative estimate of drug-likeness (QED) is 0.588. The van der Waals surface area contributed by atoms with E-state index in [1.807, 2.05) is 20.8 Å². The molecule has 0 aliphatic heterocycles. The average Bonchev–Trinajstić information content (AvgIpc) is 2.61. The van der Waals surface area contributed by atoms with Crippen molar-refractivity contribution in [2.24, 2.45) is 5.41 Å². The molecule has 2 rings (SSSR count). The predicted octanol–water partition coefficient (Wildman–Crippen LogP) is 4.00. The van der Waals surface area contributed by atoms with Gasteiger partial charge in [-0.2, -0.15) is 0 Å². The summed E-state index contributed by atoms with van der Waals surface area (Å²) in [5.41, 5.74) is 0.147. The minimum atomic E-state index is -0.532. The lowest BCUT2D eigenvalue weighted by molar-refractivity contribution is -0.384. The Balaban J connectivity index is 2.67. The van der Waals surface area contributed by atoms with Gasteiger partial charge in [-0.3, -0.25) is 19.5 Å². The first-order valence-corrected chi connectivity index (χ1v) is 6.51. The molecule has 6 heteroatoms. The van der Waals surface area contributed by atoms with Gasteiger partial charge >= 0.3 is 0 Å². The lowest BCUT2D eigenvalue weighted by atomic mass is 9.95. The minimum Gasteiger partial charge on any atom is -0.273 e. The van der Waals surface area contributed by atoms with Crippen LogP contribution in [0.1, 0.15) is 25.6 Å². The highest BCUT2D eigenvalue weighted by Gasteiger charge is 2.26. The summed E-state index contributed by atoms with van der Waals surface area (Å²) >= 11 is 3.34. The first-order chi connectivity index (χ1) is 8.71. The van der Waals surface area contributed by atoms with Gasteiger partial charge in [0, 0.05) is 22.9 Å². The van der Waals surface area contributed by atoms with Crippen molar-refractivity contribution in [3.05, 3.63) is 39.0 Å². The van der Waals surface area contributed by atoms with Crippen LogP contribution in [0.2, 0.25) is 0 Å². The summed E-state index contributed by atoms with van der Waals surface area (Å²) in [4.78, 5) is 22.7. The average molecular weight is 325 g/mol. The highest BCUT2D eigenvalue weighted by molar-refractivity contribution is 9.10. The fraction of sp³-hybridized carbons (Fsp3) is 0.308. The van der Waals surface area contributed by atoms with E-state index < -0.39 is 10.3 Å². The molecular formula is C13H13BrN2O3. The van der Waals surface area contributed by atoms with Crippen molar-refractivity contribution in [2.45, 2.75) is 20.8 Å². The second kappa shape index (κ2) is 4.45. The van der Waals surface area contributed by atoms with Crippen molar-refractivity contribution in [1.29, 1.82) is 0 Å². The number of hydrogen-bond donors (Lipinski definition) is 0. The van der Waals surface area contributed by atoms with Gasteiger partial charge in [0.15, 0.2) is 0 Å². The van der Waals surface area contributed by atoms with Gasteiger partial charge in [0.2, 0.25) is 5.91 Å². The summed E-state index contributed by atoms with van der Waals surface area (Å²) in [5.74, 6) is -0.0665. The van der Waals surface area contributed by atoms with Crippen molar-refractivity contribution in [2.75, 3.05) is 0 Å². The van der Waals surface area contributed by atoms with Crippen LogP contribution in [0.3, 0.4) is 0 Å². The number of carbonyl (C=O) groups excluding carboxylic acids is 1. The summed E-state index contributed by atoms with van der Waals surface area (Å²) < 4.78 is 2.14. The van der Waals surface area contributed by atoms with E-state index in [2.05, 4.69) is 15.9 Å². The fourth-order valence-corrected chi connectivity index (χ4v) is 2.42. The Kier molecular flexibility index (Phi) is 3.22. The molecule has 0 aliphatic rings. The van der Waals surface area contributed by atoms with Gasteiger partial charge in [-0.15, -0.1) is 0 Å². The number of fused-ring (bicyclic) bond motifs is 1.